The molecule has 2 N–H and O–H groups in total. The van der Waals surface area contributed by atoms with Crippen molar-refractivity contribution >= 4 is 36.4 Å². The van der Waals surface area contributed by atoms with E-state index in [0.29, 0.717) is 46.2 Å². The van der Waals surface area contributed by atoms with E-state index in [1.165, 1.54) is 24.6 Å². The number of para-hydroxylation sites is 2. The number of aldehydes is 2. The number of phenols is 2. The number of hydrogen-bond donors (Lipinski definition) is 2. The molecule has 0 radical (unpaired) electrons. The van der Waals surface area contributed by atoms with Crippen molar-refractivity contribution in [2.24, 2.45) is 9.98 Å². The average Bonchev–Trinajstić information content (AvgIpc) is 2.72. The van der Waals surface area contributed by atoms with E-state index in [9.17, 15) is 19.8 Å². The van der Waals surface area contributed by atoms with E-state index in [-0.39, 0.29) is 11.5 Å². The highest BCUT2D eigenvalue weighted by Crippen LogP contribution is 2.28. The van der Waals surface area contributed by atoms with Crippen LogP contribution in [0.4, 0.5) is 11.4 Å². The monoisotopic (exact) mass is 372 g/mol. The minimum absolute atomic E-state index is 0.0467. The van der Waals surface area contributed by atoms with Crippen LogP contribution in [0.15, 0.2) is 70.6 Å². The number of aromatic hydroxyl groups is 2. The van der Waals surface area contributed by atoms with Crippen LogP contribution >= 0.6 is 0 Å². The van der Waals surface area contributed by atoms with E-state index < -0.39 is 0 Å². The van der Waals surface area contributed by atoms with Crippen LogP contribution in [-0.4, -0.2) is 35.2 Å². The first-order valence-electron chi connectivity index (χ1n) is 8.34. The molecule has 0 atom stereocenters. The molecule has 0 unspecified atom stereocenters. The predicted molar refractivity (Wildman–Crippen MR) is 108 cm³/mol. The van der Waals surface area contributed by atoms with E-state index in [4.69, 9.17) is 0 Å². The van der Waals surface area contributed by atoms with Crippen LogP contribution in [0.3, 0.4) is 0 Å². The summed E-state index contributed by atoms with van der Waals surface area (Å²) in [6, 6.07) is 16.2. The van der Waals surface area contributed by atoms with Crippen LogP contribution in [0.1, 0.15) is 31.8 Å². The van der Waals surface area contributed by atoms with Gasteiger partial charge in [0.05, 0.1) is 11.4 Å². The molecule has 0 heterocycles. The minimum atomic E-state index is -0.0467. The topological polar surface area (TPSA) is 99.3 Å². The summed E-state index contributed by atoms with van der Waals surface area (Å²) in [6.07, 6.45) is 4.27. The van der Waals surface area contributed by atoms with Crippen molar-refractivity contribution in [3.63, 3.8) is 0 Å². The van der Waals surface area contributed by atoms with Crippen molar-refractivity contribution in [2.45, 2.75) is 0 Å². The molecule has 0 spiro atoms. The van der Waals surface area contributed by atoms with Gasteiger partial charge in [0.2, 0.25) is 0 Å². The van der Waals surface area contributed by atoms with Gasteiger partial charge in [0, 0.05) is 34.7 Å². The highest BCUT2D eigenvalue weighted by molar-refractivity contribution is 5.91. The van der Waals surface area contributed by atoms with Gasteiger partial charge in [-0.1, -0.05) is 24.3 Å². The van der Waals surface area contributed by atoms with E-state index >= 15 is 0 Å². The van der Waals surface area contributed by atoms with Crippen molar-refractivity contribution in [3.05, 3.63) is 82.9 Å². The third-order valence-electron chi connectivity index (χ3n) is 3.95. The summed E-state index contributed by atoms with van der Waals surface area (Å²) in [5, 5.41) is 19.9. The lowest BCUT2D eigenvalue weighted by molar-refractivity contribution is 0.111. The summed E-state index contributed by atoms with van der Waals surface area (Å²) < 4.78 is 0. The predicted octanol–water partition coefficient (Wildman–Crippen LogP) is 4.22. The molecule has 0 fully saturated rings. The zero-order valence-electron chi connectivity index (χ0n) is 14.7. The molecule has 138 valence electrons. The van der Waals surface area contributed by atoms with Crippen LogP contribution in [-0.2, 0) is 0 Å². The fourth-order valence-electron chi connectivity index (χ4n) is 2.45. The zero-order chi connectivity index (χ0) is 19.9. The van der Waals surface area contributed by atoms with Gasteiger partial charge < -0.3 is 10.2 Å². The maximum absolute atomic E-state index is 10.7. The van der Waals surface area contributed by atoms with Gasteiger partial charge in [-0.25, -0.2) is 0 Å². The lowest BCUT2D eigenvalue weighted by Gasteiger charge is -2.03. The third-order valence-corrected chi connectivity index (χ3v) is 3.95. The number of benzene rings is 3. The second-order valence-corrected chi connectivity index (χ2v) is 5.88. The van der Waals surface area contributed by atoms with Gasteiger partial charge in [-0.2, -0.15) is 0 Å². The third kappa shape index (κ3) is 4.37. The summed E-state index contributed by atoms with van der Waals surface area (Å²) in [6.45, 7) is 0. The first-order chi connectivity index (χ1) is 13.6. The van der Waals surface area contributed by atoms with Crippen LogP contribution in [0, 0.1) is 0 Å². The Hall–Kier alpha value is -4.06. The van der Waals surface area contributed by atoms with Crippen molar-refractivity contribution < 1.29 is 19.8 Å². The molecule has 0 aliphatic carbocycles. The number of phenolic OH excluding ortho intramolecular Hbond substituents is 2. The van der Waals surface area contributed by atoms with Crippen molar-refractivity contribution in [2.75, 3.05) is 0 Å². The Morgan fingerprint density at radius 1 is 0.643 bits per heavy atom. The van der Waals surface area contributed by atoms with Crippen LogP contribution in [0.2, 0.25) is 0 Å². The molecule has 28 heavy (non-hydrogen) atoms. The zero-order valence-corrected chi connectivity index (χ0v) is 14.7. The highest BCUT2D eigenvalue weighted by atomic mass is 16.3. The molecule has 0 saturated heterocycles. The standard InChI is InChI=1S/C22H16N2O4/c25-13-15-5-7-17(21(27)9-15)11-23-19-3-1-2-4-20(19)24-12-18-8-6-16(14-26)10-22(18)28/h1-14,27-28H. The summed E-state index contributed by atoms with van der Waals surface area (Å²) in [5.74, 6) is -0.0935. The molecule has 3 rings (SSSR count). The molecule has 6 nitrogen and oxygen atoms in total. The fraction of sp³-hybridized carbons (Fsp3) is 0. The highest BCUT2D eigenvalue weighted by Gasteiger charge is 2.03. The van der Waals surface area contributed by atoms with Crippen molar-refractivity contribution in [3.8, 4) is 11.5 Å². The van der Waals surface area contributed by atoms with Gasteiger partial charge in [0.15, 0.2) is 0 Å². The van der Waals surface area contributed by atoms with E-state index in [2.05, 4.69) is 9.98 Å². The molecule has 0 aliphatic rings. The number of rotatable bonds is 6. The Kier molecular flexibility index (Phi) is 5.72. The summed E-state index contributed by atoms with van der Waals surface area (Å²) in [7, 11) is 0. The van der Waals surface area contributed by atoms with Crippen molar-refractivity contribution in [1.82, 2.24) is 0 Å². The molecule has 0 bridgehead atoms. The maximum Gasteiger partial charge on any atom is 0.150 e. The van der Waals surface area contributed by atoms with E-state index in [0.717, 1.165) is 0 Å². The quantitative estimate of drug-likeness (QED) is 0.500. The molecule has 3 aromatic carbocycles. The number of aliphatic imine (C=N–C) groups is 2. The minimum Gasteiger partial charge on any atom is -0.507 e. The van der Waals surface area contributed by atoms with Gasteiger partial charge >= 0.3 is 0 Å². The van der Waals surface area contributed by atoms with Crippen LogP contribution in [0.5, 0.6) is 11.5 Å². The molecule has 3 aromatic rings. The largest absolute Gasteiger partial charge is 0.507 e. The van der Waals surface area contributed by atoms with Crippen LogP contribution in [0.25, 0.3) is 0 Å². The number of carbonyl (C=O) groups is 2. The lowest BCUT2D eigenvalue weighted by Crippen LogP contribution is -1.86. The smallest absolute Gasteiger partial charge is 0.150 e. The first-order valence-corrected chi connectivity index (χ1v) is 8.34. The molecule has 0 aromatic heterocycles. The number of hydrogen-bond acceptors (Lipinski definition) is 6. The van der Waals surface area contributed by atoms with Gasteiger partial charge in [-0.05, 0) is 36.4 Å². The Bertz CT molecular complexity index is 1000. The van der Waals surface area contributed by atoms with E-state index in [1.54, 1.807) is 48.5 Å². The van der Waals surface area contributed by atoms with E-state index in [1.807, 2.05) is 0 Å². The fourth-order valence-corrected chi connectivity index (χ4v) is 2.45. The second-order valence-electron chi connectivity index (χ2n) is 5.88. The summed E-state index contributed by atoms with van der Waals surface area (Å²) in [4.78, 5) is 30.2. The number of nitrogens with zero attached hydrogens (tertiary/aromatic N) is 2. The van der Waals surface area contributed by atoms with Gasteiger partial charge in [0.1, 0.15) is 24.1 Å². The molecular weight excluding hydrogens is 356 g/mol. The maximum atomic E-state index is 10.7. The molecule has 0 amide bonds. The SMILES string of the molecule is O=Cc1ccc(C=Nc2ccccc2N=Cc2ccc(C=O)cc2O)c(O)c1. The Labute approximate surface area is 161 Å². The molecule has 0 saturated carbocycles. The van der Waals surface area contributed by atoms with Crippen molar-refractivity contribution in [1.29, 1.82) is 0 Å². The molecular formula is C22H16N2O4. The van der Waals surface area contributed by atoms with Crippen LogP contribution < -0.4 is 0 Å². The molecule has 0 aliphatic heterocycles. The van der Waals surface area contributed by atoms with Gasteiger partial charge in [-0.15, -0.1) is 0 Å². The second kappa shape index (κ2) is 8.55. The normalized spacial score (nSPS) is 11.1. The summed E-state index contributed by atoms with van der Waals surface area (Å²) in [5.41, 5.74) is 2.79. The Morgan fingerprint density at radius 2 is 1.07 bits per heavy atom. The Balaban J connectivity index is 1.87. The summed E-state index contributed by atoms with van der Waals surface area (Å²) >= 11 is 0. The first kappa shape index (κ1) is 18.7. The average molecular weight is 372 g/mol. The Morgan fingerprint density at radius 3 is 1.43 bits per heavy atom. The van der Waals surface area contributed by atoms with Gasteiger partial charge in [0.25, 0.3) is 0 Å². The lowest BCUT2D eigenvalue weighted by atomic mass is 10.1. The number of carbonyl (C=O) groups excluding carboxylic acids is 2. The van der Waals surface area contributed by atoms with Gasteiger partial charge in [-0.3, -0.25) is 19.6 Å². The molecule has 6 heteroatoms.